The molecule has 0 fully saturated rings. The summed E-state index contributed by atoms with van der Waals surface area (Å²) in [4.78, 5) is 4.86. The van der Waals surface area contributed by atoms with Crippen molar-refractivity contribution in [1.29, 1.82) is 0 Å². The Labute approximate surface area is 141 Å². The number of aliphatic hydroxyl groups is 1. The van der Waals surface area contributed by atoms with Gasteiger partial charge in [-0.05, 0) is 72.7 Å². The first-order chi connectivity index (χ1) is 11.7. The van der Waals surface area contributed by atoms with Gasteiger partial charge in [-0.25, -0.2) is 4.98 Å². The first-order valence-corrected chi connectivity index (χ1v) is 8.41. The highest BCUT2D eigenvalue weighted by Gasteiger charge is 2.17. The topological polar surface area (TPSA) is 42.4 Å². The van der Waals surface area contributed by atoms with Crippen LogP contribution in [0.5, 0.6) is 5.75 Å². The van der Waals surface area contributed by atoms with Crippen LogP contribution in [-0.4, -0.2) is 17.2 Å². The van der Waals surface area contributed by atoms with Gasteiger partial charge in [-0.15, -0.1) is 0 Å². The van der Waals surface area contributed by atoms with Gasteiger partial charge >= 0.3 is 0 Å². The molecule has 0 saturated carbocycles. The Morgan fingerprint density at radius 2 is 1.88 bits per heavy atom. The van der Waals surface area contributed by atoms with E-state index in [2.05, 4.69) is 25.1 Å². The maximum absolute atomic E-state index is 9.39. The molecule has 3 aromatic rings. The monoisotopic (exact) mass is 319 g/mol. The number of benzene rings is 2. The zero-order valence-corrected chi connectivity index (χ0v) is 14.1. The minimum absolute atomic E-state index is 0.0308. The van der Waals surface area contributed by atoms with Gasteiger partial charge in [0, 0.05) is 10.9 Å². The standard InChI is InChI=1S/C21H21NO2/c1-13-8-19(22-20-9-14(12-23)6-7-17(13)20)18-10-15-4-3-5-16(15)11-21(18)24-2/h6-11,23H,3-5,12H2,1-2H3. The van der Waals surface area contributed by atoms with Gasteiger partial charge in [0.15, 0.2) is 0 Å². The minimum Gasteiger partial charge on any atom is -0.496 e. The van der Waals surface area contributed by atoms with Gasteiger partial charge in [0.05, 0.1) is 24.9 Å². The summed E-state index contributed by atoms with van der Waals surface area (Å²) < 4.78 is 5.64. The summed E-state index contributed by atoms with van der Waals surface area (Å²) in [5.74, 6) is 0.889. The van der Waals surface area contributed by atoms with Crippen LogP contribution in [-0.2, 0) is 19.4 Å². The fourth-order valence-electron chi connectivity index (χ4n) is 3.65. The molecule has 0 saturated heterocycles. The van der Waals surface area contributed by atoms with Crippen LogP contribution in [0.2, 0.25) is 0 Å². The Morgan fingerprint density at radius 1 is 1.08 bits per heavy atom. The molecule has 0 bridgehead atoms. The van der Waals surface area contributed by atoms with Crippen LogP contribution < -0.4 is 4.74 Å². The van der Waals surface area contributed by atoms with E-state index >= 15 is 0 Å². The van der Waals surface area contributed by atoms with Crippen molar-refractivity contribution in [2.75, 3.05) is 7.11 Å². The Bertz CT molecular complexity index is 931. The van der Waals surface area contributed by atoms with E-state index in [-0.39, 0.29) is 6.61 Å². The lowest BCUT2D eigenvalue weighted by molar-refractivity contribution is 0.282. The number of ether oxygens (including phenoxy) is 1. The molecular weight excluding hydrogens is 298 g/mol. The Hall–Kier alpha value is -2.39. The molecule has 0 spiro atoms. The second kappa shape index (κ2) is 5.91. The van der Waals surface area contributed by atoms with E-state index in [1.807, 2.05) is 18.2 Å². The van der Waals surface area contributed by atoms with Crippen molar-refractivity contribution in [2.24, 2.45) is 0 Å². The molecule has 0 unspecified atom stereocenters. The zero-order valence-electron chi connectivity index (χ0n) is 14.1. The van der Waals surface area contributed by atoms with Crippen LogP contribution >= 0.6 is 0 Å². The van der Waals surface area contributed by atoms with Gasteiger partial charge in [0.1, 0.15) is 5.75 Å². The van der Waals surface area contributed by atoms with Crippen molar-refractivity contribution in [3.63, 3.8) is 0 Å². The summed E-state index contributed by atoms with van der Waals surface area (Å²) in [6, 6.07) is 12.5. The number of aliphatic hydroxyl groups excluding tert-OH is 1. The van der Waals surface area contributed by atoms with Crippen LogP contribution in [0.3, 0.4) is 0 Å². The normalized spacial score (nSPS) is 13.3. The van der Waals surface area contributed by atoms with Crippen molar-refractivity contribution in [2.45, 2.75) is 32.8 Å². The molecule has 0 radical (unpaired) electrons. The third-order valence-corrected chi connectivity index (χ3v) is 4.95. The number of fused-ring (bicyclic) bond motifs is 2. The summed E-state index contributed by atoms with van der Waals surface area (Å²) in [6.45, 7) is 2.13. The number of aromatic nitrogens is 1. The zero-order chi connectivity index (χ0) is 16.7. The lowest BCUT2D eigenvalue weighted by Crippen LogP contribution is -1.96. The van der Waals surface area contributed by atoms with E-state index in [9.17, 15) is 5.11 Å². The molecule has 0 aliphatic heterocycles. The summed E-state index contributed by atoms with van der Waals surface area (Å²) in [5, 5.41) is 10.5. The van der Waals surface area contributed by atoms with Crippen LogP contribution in [0.1, 0.15) is 28.7 Å². The highest BCUT2D eigenvalue weighted by atomic mass is 16.5. The average molecular weight is 319 g/mol. The van der Waals surface area contributed by atoms with Crippen LogP contribution in [0.25, 0.3) is 22.2 Å². The molecule has 1 heterocycles. The second-order valence-corrected chi connectivity index (χ2v) is 6.51. The summed E-state index contributed by atoms with van der Waals surface area (Å²) >= 11 is 0. The maximum atomic E-state index is 9.39. The quantitative estimate of drug-likeness (QED) is 0.787. The molecule has 4 rings (SSSR count). The maximum Gasteiger partial charge on any atom is 0.128 e. The first kappa shape index (κ1) is 15.2. The fourth-order valence-corrected chi connectivity index (χ4v) is 3.65. The fraction of sp³-hybridized carbons (Fsp3) is 0.286. The van der Waals surface area contributed by atoms with E-state index in [1.165, 1.54) is 23.1 Å². The predicted molar refractivity (Wildman–Crippen MR) is 96.4 cm³/mol. The molecule has 1 N–H and O–H groups in total. The minimum atomic E-state index is 0.0308. The summed E-state index contributed by atoms with van der Waals surface area (Å²) in [5.41, 5.74) is 7.78. The van der Waals surface area contributed by atoms with Gasteiger partial charge in [0.2, 0.25) is 0 Å². The molecule has 2 aromatic carbocycles. The first-order valence-electron chi connectivity index (χ1n) is 8.41. The number of rotatable bonds is 3. The smallest absolute Gasteiger partial charge is 0.128 e. The average Bonchev–Trinajstić information content (AvgIpc) is 3.07. The lowest BCUT2D eigenvalue weighted by atomic mass is 9.99. The van der Waals surface area contributed by atoms with Crippen molar-refractivity contribution >= 4 is 10.9 Å². The lowest BCUT2D eigenvalue weighted by Gasteiger charge is -2.13. The van der Waals surface area contributed by atoms with Crippen LogP contribution in [0, 0.1) is 6.92 Å². The van der Waals surface area contributed by atoms with Crippen molar-refractivity contribution in [3.05, 3.63) is 58.7 Å². The predicted octanol–water partition coefficient (Wildman–Crippen LogP) is 4.20. The number of pyridine rings is 1. The van der Waals surface area contributed by atoms with Crippen molar-refractivity contribution in [3.8, 4) is 17.0 Å². The van der Waals surface area contributed by atoms with Crippen LogP contribution in [0.15, 0.2) is 36.4 Å². The Morgan fingerprint density at radius 3 is 2.62 bits per heavy atom. The third-order valence-electron chi connectivity index (χ3n) is 4.95. The second-order valence-electron chi connectivity index (χ2n) is 6.51. The summed E-state index contributed by atoms with van der Waals surface area (Å²) in [6.07, 6.45) is 3.48. The molecule has 0 amide bonds. The highest BCUT2D eigenvalue weighted by molar-refractivity contribution is 5.86. The van der Waals surface area contributed by atoms with Gasteiger partial charge in [-0.2, -0.15) is 0 Å². The van der Waals surface area contributed by atoms with E-state index in [1.54, 1.807) is 7.11 Å². The van der Waals surface area contributed by atoms with Gasteiger partial charge in [-0.1, -0.05) is 12.1 Å². The van der Waals surface area contributed by atoms with Crippen LogP contribution in [0.4, 0.5) is 0 Å². The number of nitrogens with zero attached hydrogens (tertiary/aromatic N) is 1. The largest absolute Gasteiger partial charge is 0.496 e. The number of methoxy groups -OCH3 is 1. The number of hydrogen-bond donors (Lipinski definition) is 1. The van der Waals surface area contributed by atoms with Gasteiger partial charge < -0.3 is 9.84 Å². The molecule has 122 valence electrons. The van der Waals surface area contributed by atoms with E-state index < -0.39 is 0 Å². The molecular formula is C21H21NO2. The van der Waals surface area contributed by atoms with Crippen molar-refractivity contribution in [1.82, 2.24) is 4.98 Å². The Balaban J connectivity index is 1.93. The third kappa shape index (κ3) is 2.45. The SMILES string of the molecule is COc1cc2c(cc1-c1cc(C)c3ccc(CO)cc3n1)CCC2. The molecule has 1 aromatic heterocycles. The highest BCUT2D eigenvalue weighted by Crippen LogP contribution is 2.36. The summed E-state index contributed by atoms with van der Waals surface area (Å²) in [7, 11) is 1.72. The molecule has 1 aliphatic rings. The molecule has 0 atom stereocenters. The molecule has 3 nitrogen and oxygen atoms in total. The molecule has 1 aliphatic carbocycles. The van der Waals surface area contributed by atoms with Gasteiger partial charge in [-0.3, -0.25) is 0 Å². The Kier molecular flexibility index (Phi) is 3.73. The van der Waals surface area contributed by atoms with E-state index in [0.717, 1.165) is 46.3 Å². The number of hydrogen-bond acceptors (Lipinski definition) is 3. The van der Waals surface area contributed by atoms with E-state index in [0.29, 0.717) is 0 Å². The molecule has 3 heteroatoms. The van der Waals surface area contributed by atoms with E-state index in [4.69, 9.17) is 9.72 Å². The number of aryl methyl sites for hydroxylation is 3. The van der Waals surface area contributed by atoms with Crippen molar-refractivity contribution < 1.29 is 9.84 Å². The molecule has 24 heavy (non-hydrogen) atoms. The van der Waals surface area contributed by atoms with Gasteiger partial charge in [0.25, 0.3) is 0 Å².